The number of aromatic nitrogens is 1. The molecular weight excluding hydrogens is 302 g/mol. The molecule has 0 atom stereocenters. The molecule has 2 aromatic carbocycles. The van der Waals surface area contributed by atoms with Crippen molar-refractivity contribution in [3.05, 3.63) is 66.4 Å². The molecule has 3 aromatic rings. The largest absolute Gasteiger partial charge is 0.371 e. The van der Waals surface area contributed by atoms with Crippen molar-refractivity contribution >= 4 is 20.9 Å². The second kappa shape index (κ2) is 6.74. The van der Waals surface area contributed by atoms with Crippen LogP contribution in [0.3, 0.4) is 0 Å². The minimum absolute atomic E-state index is 0.302. The summed E-state index contributed by atoms with van der Waals surface area (Å²) in [6.45, 7) is 1.17. The van der Waals surface area contributed by atoms with E-state index >= 15 is 0 Å². The van der Waals surface area contributed by atoms with Gasteiger partial charge >= 0.3 is 0 Å². The number of hydrogen-bond acceptors (Lipinski definition) is 4. The van der Waals surface area contributed by atoms with E-state index in [2.05, 4.69) is 0 Å². The Labute approximate surface area is 129 Å². The number of aliphatic hydroxyl groups excluding tert-OH is 1. The lowest BCUT2D eigenvalue weighted by atomic mass is 10.2. The lowest BCUT2D eigenvalue weighted by Gasteiger charge is -2.07. The molecule has 0 unspecified atom stereocenters. The summed E-state index contributed by atoms with van der Waals surface area (Å²) in [5.41, 5.74) is 1.67. The molecule has 0 aliphatic carbocycles. The summed E-state index contributed by atoms with van der Waals surface area (Å²) >= 11 is 0. The zero-order chi connectivity index (χ0) is 16.2. The average Bonchev–Trinajstić information content (AvgIpc) is 2.87. The highest BCUT2D eigenvalue weighted by Gasteiger charge is 2.19. The van der Waals surface area contributed by atoms with Gasteiger partial charge in [-0.15, -0.1) is 0 Å². The summed E-state index contributed by atoms with van der Waals surface area (Å²) in [6.07, 6.45) is 1.67. The van der Waals surface area contributed by atoms with Crippen molar-refractivity contribution < 1.29 is 18.6 Å². The predicted molar refractivity (Wildman–Crippen MR) is 85.0 cm³/mol. The van der Waals surface area contributed by atoms with Gasteiger partial charge in [0, 0.05) is 11.6 Å². The topological polar surface area (TPSA) is 79.5 Å². The first kappa shape index (κ1) is 16.2. The fraction of sp³-hybridized carbons (Fsp3) is 0.125. The number of fused-ring (bicyclic) bond motifs is 1. The van der Waals surface area contributed by atoms with Crippen LogP contribution < -0.4 is 0 Å². The van der Waals surface area contributed by atoms with Gasteiger partial charge in [-0.2, -0.15) is 0 Å². The Bertz CT molecular complexity index is 854. The van der Waals surface area contributed by atoms with Crippen molar-refractivity contribution in [3.63, 3.8) is 0 Å². The lowest BCUT2D eigenvalue weighted by molar-refractivity contribution is 0.0773. The van der Waals surface area contributed by atoms with Crippen LogP contribution in [0.4, 0.5) is 0 Å². The molecule has 0 aliphatic rings. The Balaban J connectivity index is 0.000000545. The quantitative estimate of drug-likeness (QED) is 0.709. The van der Waals surface area contributed by atoms with E-state index < -0.39 is 16.8 Å². The van der Waals surface area contributed by atoms with Crippen LogP contribution >= 0.6 is 0 Å². The Kier molecular flexibility index (Phi) is 4.97. The Morgan fingerprint density at radius 2 is 1.50 bits per heavy atom. The van der Waals surface area contributed by atoms with E-state index in [1.807, 2.05) is 31.2 Å². The molecule has 0 saturated carbocycles. The maximum absolute atomic E-state index is 12.6. The van der Waals surface area contributed by atoms with Crippen molar-refractivity contribution in [2.24, 2.45) is 0 Å². The highest BCUT2D eigenvalue weighted by atomic mass is 32.2. The highest BCUT2D eigenvalue weighted by molar-refractivity contribution is 7.90. The molecule has 0 amide bonds. The van der Waals surface area contributed by atoms with Crippen molar-refractivity contribution in [2.75, 3.05) is 6.79 Å². The van der Waals surface area contributed by atoms with Crippen LogP contribution in [0.1, 0.15) is 5.56 Å². The third kappa shape index (κ3) is 3.04. The smallest absolute Gasteiger partial charge is 0.268 e. The SMILES string of the molecule is Cc1cn(S(=O)(=O)c2ccccc2)c2ccccc12.OCO. The van der Waals surface area contributed by atoms with Crippen molar-refractivity contribution in [3.8, 4) is 0 Å². The summed E-state index contributed by atoms with van der Waals surface area (Å²) < 4.78 is 26.6. The Hall–Kier alpha value is -2.15. The fourth-order valence-electron chi connectivity index (χ4n) is 2.22. The summed E-state index contributed by atoms with van der Waals surface area (Å²) in [5.74, 6) is 0. The first-order chi connectivity index (χ1) is 10.5. The molecule has 1 heterocycles. The van der Waals surface area contributed by atoms with Gasteiger partial charge < -0.3 is 10.2 Å². The fourth-order valence-corrected chi connectivity index (χ4v) is 3.66. The zero-order valence-electron chi connectivity index (χ0n) is 12.0. The molecule has 0 aliphatic heterocycles. The number of para-hydroxylation sites is 1. The summed E-state index contributed by atoms with van der Waals surface area (Å²) in [5, 5.41) is 15.2. The summed E-state index contributed by atoms with van der Waals surface area (Å²) in [4.78, 5) is 0.302. The van der Waals surface area contributed by atoms with E-state index in [0.717, 1.165) is 10.9 Å². The van der Waals surface area contributed by atoms with Gasteiger partial charge in [0.25, 0.3) is 10.0 Å². The maximum Gasteiger partial charge on any atom is 0.268 e. The first-order valence-corrected chi connectivity index (χ1v) is 8.05. The molecule has 22 heavy (non-hydrogen) atoms. The molecule has 0 spiro atoms. The normalized spacial score (nSPS) is 11.0. The minimum Gasteiger partial charge on any atom is -0.371 e. The molecule has 0 radical (unpaired) electrons. The number of rotatable bonds is 2. The van der Waals surface area contributed by atoms with E-state index in [1.165, 1.54) is 3.97 Å². The van der Waals surface area contributed by atoms with Gasteiger partial charge in [-0.1, -0.05) is 36.4 Å². The summed E-state index contributed by atoms with van der Waals surface area (Å²) in [7, 11) is -3.53. The van der Waals surface area contributed by atoms with Gasteiger partial charge in [-0.05, 0) is 30.7 Å². The van der Waals surface area contributed by atoms with E-state index in [9.17, 15) is 8.42 Å². The third-order valence-electron chi connectivity index (χ3n) is 3.18. The monoisotopic (exact) mass is 319 g/mol. The van der Waals surface area contributed by atoms with Crippen molar-refractivity contribution in [1.29, 1.82) is 0 Å². The molecule has 1 aromatic heterocycles. The van der Waals surface area contributed by atoms with Crippen molar-refractivity contribution in [1.82, 2.24) is 3.97 Å². The molecular formula is C16H17NO4S. The molecule has 3 rings (SSSR count). The van der Waals surface area contributed by atoms with Crippen LogP contribution in [-0.4, -0.2) is 29.4 Å². The van der Waals surface area contributed by atoms with Crippen LogP contribution in [0.2, 0.25) is 0 Å². The van der Waals surface area contributed by atoms with E-state index in [4.69, 9.17) is 10.2 Å². The maximum atomic E-state index is 12.6. The van der Waals surface area contributed by atoms with Gasteiger partial charge in [0.05, 0.1) is 10.4 Å². The number of hydrogen-bond donors (Lipinski definition) is 2. The Morgan fingerprint density at radius 1 is 0.955 bits per heavy atom. The first-order valence-electron chi connectivity index (χ1n) is 6.61. The number of benzene rings is 2. The standard InChI is InChI=1S/C15H13NO2S.CH4O2/c1-12-11-16(15-10-6-5-9-14(12)15)19(17,18)13-7-3-2-4-8-13;2-1-3/h2-11H,1H3;2-3H,1H2. The molecule has 116 valence electrons. The van der Waals surface area contributed by atoms with Crippen LogP contribution in [-0.2, 0) is 10.0 Å². The van der Waals surface area contributed by atoms with Gasteiger partial charge in [-0.25, -0.2) is 12.4 Å². The van der Waals surface area contributed by atoms with Gasteiger partial charge in [0.2, 0.25) is 0 Å². The van der Waals surface area contributed by atoms with Crippen LogP contribution in [0.15, 0.2) is 65.7 Å². The molecule has 6 heteroatoms. The van der Waals surface area contributed by atoms with E-state index in [1.54, 1.807) is 36.5 Å². The average molecular weight is 319 g/mol. The molecule has 5 nitrogen and oxygen atoms in total. The van der Waals surface area contributed by atoms with Crippen LogP contribution in [0.25, 0.3) is 10.9 Å². The second-order valence-corrected chi connectivity index (χ2v) is 6.40. The summed E-state index contributed by atoms with van der Waals surface area (Å²) in [6, 6.07) is 16.0. The third-order valence-corrected chi connectivity index (χ3v) is 4.87. The van der Waals surface area contributed by atoms with E-state index in [0.29, 0.717) is 10.4 Å². The minimum atomic E-state index is -3.53. The number of aliphatic hydroxyl groups is 2. The van der Waals surface area contributed by atoms with E-state index in [-0.39, 0.29) is 0 Å². The van der Waals surface area contributed by atoms with Gasteiger partial charge in [0.1, 0.15) is 6.79 Å². The molecule has 0 bridgehead atoms. The van der Waals surface area contributed by atoms with Crippen LogP contribution in [0, 0.1) is 6.92 Å². The predicted octanol–water partition coefficient (Wildman–Crippen LogP) is 2.12. The molecule has 0 fully saturated rings. The van der Waals surface area contributed by atoms with Crippen LogP contribution in [0.5, 0.6) is 0 Å². The molecule has 0 saturated heterocycles. The number of nitrogens with zero attached hydrogens (tertiary/aromatic N) is 1. The number of aryl methyl sites for hydroxylation is 1. The molecule has 2 N–H and O–H groups in total. The second-order valence-electron chi connectivity index (χ2n) is 4.58. The zero-order valence-corrected chi connectivity index (χ0v) is 12.9. The van der Waals surface area contributed by atoms with Gasteiger partial charge in [-0.3, -0.25) is 0 Å². The highest BCUT2D eigenvalue weighted by Crippen LogP contribution is 2.25. The van der Waals surface area contributed by atoms with Crippen molar-refractivity contribution in [2.45, 2.75) is 11.8 Å². The van der Waals surface area contributed by atoms with Gasteiger partial charge in [0.15, 0.2) is 0 Å². The lowest BCUT2D eigenvalue weighted by Crippen LogP contribution is -2.11. The Morgan fingerprint density at radius 3 is 2.14 bits per heavy atom.